The van der Waals surface area contributed by atoms with Crippen LogP contribution < -0.4 is 27.0 Å². The molecule has 1 heterocycles. The van der Waals surface area contributed by atoms with Crippen molar-refractivity contribution >= 4 is 23.3 Å². The van der Waals surface area contributed by atoms with Gasteiger partial charge in [-0.2, -0.15) is 0 Å². The van der Waals surface area contributed by atoms with Gasteiger partial charge >= 0.3 is 0 Å². The minimum Gasteiger partial charge on any atom is -0.368 e. The van der Waals surface area contributed by atoms with Crippen molar-refractivity contribution in [3.8, 4) is 0 Å². The molecule has 2 amide bonds. The Kier molecular flexibility index (Phi) is 8.38. The molecular formula is C21H32FN7O2. The quantitative estimate of drug-likeness (QED) is 0.386. The molecule has 170 valence electrons. The highest BCUT2D eigenvalue weighted by molar-refractivity contribution is 5.98. The van der Waals surface area contributed by atoms with Crippen LogP contribution in [-0.4, -0.2) is 62.3 Å². The summed E-state index contributed by atoms with van der Waals surface area (Å²) in [4.78, 5) is 30.3. The van der Waals surface area contributed by atoms with Gasteiger partial charge in [0.15, 0.2) is 5.82 Å². The normalized spacial score (nSPS) is 16.8. The first-order valence-corrected chi connectivity index (χ1v) is 10.2. The molecule has 0 spiro atoms. The van der Waals surface area contributed by atoms with Crippen molar-refractivity contribution in [2.75, 3.05) is 33.0 Å². The molecule has 31 heavy (non-hydrogen) atoms. The van der Waals surface area contributed by atoms with Crippen LogP contribution in [0.3, 0.4) is 0 Å². The maximum atomic E-state index is 14.2. The third kappa shape index (κ3) is 6.42. The first-order chi connectivity index (χ1) is 14.7. The summed E-state index contributed by atoms with van der Waals surface area (Å²) in [6, 6.07) is 4.00. The number of amides is 2. The lowest BCUT2D eigenvalue weighted by Gasteiger charge is -2.31. The summed E-state index contributed by atoms with van der Waals surface area (Å²) in [5.74, 6) is -0.261. The van der Waals surface area contributed by atoms with Crippen molar-refractivity contribution in [3.05, 3.63) is 41.1 Å². The van der Waals surface area contributed by atoms with Gasteiger partial charge in [0, 0.05) is 26.3 Å². The minimum atomic E-state index is -0.652. The second-order valence-electron chi connectivity index (χ2n) is 7.58. The lowest BCUT2D eigenvalue weighted by molar-refractivity contribution is -0.122. The minimum absolute atomic E-state index is 0.127. The van der Waals surface area contributed by atoms with E-state index in [9.17, 15) is 14.0 Å². The van der Waals surface area contributed by atoms with Crippen LogP contribution in [0.25, 0.3) is 0 Å². The van der Waals surface area contributed by atoms with E-state index in [-0.39, 0.29) is 29.5 Å². The fourth-order valence-corrected chi connectivity index (χ4v) is 3.15. The Labute approximate surface area is 182 Å². The van der Waals surface area contributed by atoms with Crippen molar-refractivity contribution in [2.45, 2.75) is 38.8 Å². The van der Waals surface area contributed by atoms with Gasteiger partial charge < -0.3 is 31.9 Å². The van der Waals surface area contributed by atoms with Crippen molar-refractivity contribution in [1.82, 2.24) is 20.9 Å². The number of hydrogen-bond acceptors (Lipinski definition) is 7. The van der Waals surface area contributed by atoms with Crippen molar-refractivity contribution in [3.63, 3.8) is 0 Å². The monoisotopic (exact) mass is 433 g/mol. The van der Waals surface area contributed by atoms with E-state index in [2.05, 4.69) is 26.3 Å². The molecule has 0 saturated carbocycles. The van der Waals surface area contributed by atoms with Gasteiger partial charge in [-0.25, -0.2) is 9.38 Å². The number of carbonyl (C=O) groups is 2. The highest BCUT2D eigenvalue weighted by Gasteiger charge is 2.27. The maximum absolute atomic E-state index is 14.2. The third-order valence-electron chi connectivity index (χ3n) is 4.97. The predicted molar refractivity (Wildman–Crippen MR) is 120 cm³/mol. The molecule has 1 aromatic rings. The molecular weight excluding hydrogens is 401 g/mol. The summed E-state index contributed by atoms with van der Waals surface area (Å²) in [7, 11) is 5.43. The average molecular weight is 434 g/mol. The number of likely N-dealkylation sites (N-methyl/N-ethyl adjacent to an activating group) is 2. The molecule has 1 unspecified atom stereocenters. The van der Waals surface area contributed by atoms with Crippen molar-refractivity contribution in [1.29, 1.82) is 0 Å². The molecule has 2 rings (SSSR count). The zero-order valence-electron chi connectivity index (χ0n) is 18.7. The first-order valence-electron chi connectivity index (χ1n) is 10.2. The van der Waals surface area contributed by atoms with E-state index in [4.69, 9.17) is 5.73 Å². The molecule has 10 heteroatoms. The molecule has 0 radical (unpaired) electrons. The predicted octanol–water partition coefficient (Wildman–Crippen LogP) is 0.501. The number of hydrogen-bond donors (Lipinski definition) is 5. The summed E-state index contributed by atoms with van der Waals surface area (Å²) >= 11 is 0. The maximum Gasteiger partial charge on any atom is 0.268 e. The number of nitrogens with one attached hydrogen (secondary N) is 4. The SMILES string of the molecule is CCC1NC(C(N)=O)=C(Nc2cc(F)cc(CCNC(=O)[C@H](C)NC)c2)N=C1N(C)C. The summed E-state index contributed by atoms with van der Waals surface area (Å²) < 4.78 is 14.2. The Morgan fingerprint density at radius 2 is 2.03 bits per heavy atom. The van der Waals surface area contributed by atoms with Crippen molar-refractivity contribution in [2.24, 2.45) is 10.7 Å². The summed E-state index contributed by atoms with van der Waals surface area (Å²) in [5.41, 5.74) is 6.80. The molecule has 2 atom stereocenters. The average Bonchev–Trinajstić information content (AvgIpc) is 2.72. The Balaban J connectivity index is 2.22. The van der Waals surface area contributed by atoms with E-state index in [1.54, 1.807) is 20.0 Å². The fourth-order valence-electron chi connectivity index (χ4n) is 3.15. The van der Waals surface area contributed by atoms with E-state index < -0.39 is 11.7 Å². The van der Waals surface area contributed by atoms with Crippen molar-refractivity contribution < 1.29 is 14.0 Å². The second kappa shape index (κ2) is 10.8. The molecule has 6 N–H and O–H groups in total. The second-order valence-corrected chi connectivity index (χ2v) is 7.58. The van der Waals surface area contributed by atoms with E-state index in [1.165, 1.54) is 12.1 Å². The molecule has 0 bridgehead atoms. The van der Waals surface area contributed by atoms with Gasteiger partial charge in [-0.15, -0.1) is 0 Å². The Morgan fingerprint density at radius 1 is 1.32 bits per heavy atom. The van der Waals surface area contributed by atoms with Gasteiger partial charge in [-0.1, -0.05) is 6.92 Å². The van der Waals surface area contributed by atoms with Crippen LogP contribution in [0.5, 0.6) is 0 Å². The van der Waals surface area contributed by atoms with Crippen LogP contribution in [0.4, 0.5) is 10.1 Å². The number of nitrogens with two attached hydrogens (primary N) is 1. The van der Waals surface area contributed by atoms with E-state index in [0.29, 0.717) is 30.6 Å². The van der Waals surface area contributed by atoms with E-state index in [0.717, 1.165) is 5.84 Å². The number of rotatable bonds is 9. The van der Waals surface area contributed by atoms with Crippen LogP contribution >= 0.6 is 0 Å². The fraction of sp³-hybridized carbons (Fsp3) is 0.476. The molecule has 1 aliphatic heterocycles. The number of carbonyl (C=O) groups excluding carboxylic acids is 2. The zero-order valence-corrected chi connectivity index (χ0v) is 18.7. The smallest absolute Gasteiger partial charge is 0.268 e. The molecule has 0 aliphatic carbocycles. The number of benzene rings is 1. The standard InChI is InChI=1S/C21H32FN7O2/c1-6-16-20(29(4)5)28-19(17(27-16)18(23)30)26-15-10-13(9-14(22)11-15)7-8-25-21(31)12(2)24-3/h9-12,16,24,26-27H,6-8H2,1-5H3,(H2,23,30)(H,25,31)/t12-,16?/m0/s1. The molecule has 0 aromatic heterocycles. The highest BCUT2D eigenvalue weighted by Crippen LogP contribution is 2.21. The lowest BCUT2D eigenvalue weighted by Crippen LogP contribution is -2.48. The van der Waals surface area contributed by atoms with Crippen LogP contribution in [0.1, 0.15) is 25.8 Å². The lowest BCUT2D eigenvalue weighted by atomic mass is 10.1. The number of aliphatic imine (C=N–C) groups is 1. The summed E-state index contributed by atoms with van der Waals surface area (Å²) in [6.45, 7) is 4.10. The Hall–Kier alpha value is -3.14. The number of halogens is 1. The molecule has 0 saturated heterocycles. The summed E-state index contributed by atoms with van der Waals surface area (Å²) in [6.07, 6.45) is 1.15. The van der Waals surface area contributed by atoms with Gasteiger partial charge in [0.2, 0.25) is 5.91 Å². The Bertz CT molecular complexity index is 882. The molecule has 1 aromatic carbocycles. The summed E-state index contributed by atoms with van der Waals surface area (Å²) in [5, 5.41) is 11.8. The Morgan fingerprint density at radius 3 is 2.61 bits per heavy atom. The van der Waals surface area contributed by atoms with Crippen LogP contribution in [0.2, 0.25) is 0 Å². The van der Waals surface area contributed by atoms with Gasteiger partial charge in [0.25, 0.3) is 5.91 Å². The van der Waals surface area contributed by atoms with E-state index >= 15 is 0 Å². The van der Waals surface area contributed by atoms with Gasteiger partial charge in [0.05, 0.1) is 12.1 Å². The van der Waals surface area contributed by atoms with Gasteiger partial charge in [-0.05, 0) is 50.6 Å². The molecule has 0 fully saturated rings. The number of primary amides is 1. The van der Waals surface area contributed by atoms with E-state index in [1.807, 2.05) is 25.9 Å². The number of amidine groups is 1. The first kappa shape index (κ1) is 24.1. The highest BCUT2D eigenvalue weighted by atomic mass is 19.1. The van der Waals surface area contributed by atoms with Crippen LogP contribution in [0.15, 0.2) is 34.7 Å². The van der Waals surface area contributed by atoms with Gasteiger partial charge in [-0.3, -0.25) is 9.59 Å². The van der Waals surface area contributed by atoms with Crippen LogP contribution in [0, 0.1) is 5.82 Å². The van der Waals surface area contributed by atoms with Gasteiger partial charge in [0.1, 0.15) is 17.3 Å². The zero-order chi connectivity index (χ0) is 23.1. The largest absolute Gasteiger partial charge is 0.368 e. The number of nitrogens with zero attached hydrogens (tertiary/aromatic N) is 2. The topological polar surface area (TPSA) is 124 Å². The number of anilines is 1. The third-order valence-corrected chi connectivity index (χ3v) is 4.97. The molecule has 9 nitrogen and oxygen atoms in total. The van der Waals surface area contributed by atoms with Crippen LogP contribution in [-0.2, 0) is 16.0 Å². The molecule has 1 aliphatic rings.